The second kappa shape index (κ2) is 51.0. The number of carboxylic acid groups (broad SMARTS) is 1. The fraction of sp³-hybridized carbons (Fsp3) is 0.495. The Morgan fingerprint density at radius 3 is 1.88 bits per heavy atom. The van der Waals surface area contributed by atoms with Gasteiger partial charge in [0.25, 0.3) is 0 Å². The Kier molecular flexibility index (Phi) is 40.6. The van der Waals surface area contributed by atoms with Crippen LogP contribution in [0.4, 0.5) is 0 Å². The number of para-hydroxylation sites is 1. The number of aliphatic hydroxyl groups is 1. The van der Waals surface area contributed by atoms with Crippen molar-refractivity contribution in [2.24, 2.45) is 22.9 Å². The molecule has 0 bridgehead atoms. The summed E-state index contributed by atoms with van der Waals surface area (Å²) in [5.74, 6) is -18.4. The van der Waals surface area contributed by atoms with Crippen LogP contribution in [-0.2, 0) is 117 Å². The Balaban J connectivity index is 1.23. The molecule has 8 rings (SSSR count). The number of carbonyl (C=O) groups excluding carboxylic acids is 17. The lowest BCUT2D eigenvalue weighted by atomic mass is 9.87. The van der Waals surface area contributed by atoms with Gasteiger partial charge in [0, 0.05) is 138 Å². The van der Waals surface area contributed by atoms with Crippen LogP contribution in [0.2, 0.25) is 0 Å². The second-order valence-electron chi connectivity index (χ2n) is 35.2. The largest absolute Gasteiger partial charge is 0.492 e. The molecule has 2 saturated heterocycles. The number of primary amides is 3. The molecular weight excluding hydrogens is 1810 g/mol. The molecule has 4 aromatic carbocycles. The van der Waals surface area contributed by atoms with Crippen molar-refractivity contribution in [3.05, 3.63) is 143 Å². The van der Waals surface area contributed by atoms with Gasteiger partial charge in [-0.1, -0.05) is 107 Å². The van der Waals surface area contributed by atoms with Gasteiger partial charge in [-0.05, 0) is 130 Å². The van der Waals surface area contributed by atoms with Gasteiger partial charge >= 0.3 is 5.97 Å². The zero-order chi connectivity index (χ0) is 101. The monoisotopic (exact) mass is 1940 g/mol. The van der Waals surface area contributed by atoms with E-state index in [1.54, 1.807) is 96.0 Å². The molecule has 12 atom stereocenters. The molecule has 0 radical (unpaired) electrons. The van der Waals surface area contributed by atoms with Gasteiger partial charge in [0.1, 0.15) is 84.4 Å². The highest BCUT2D eigenvalue weighted by molar-refractivity contribution is 8.77. The molecule has 2 aliphatic heterocycles. The van der Waals surface area contributed by atoms with Crippen LogP contribution in [0.15, 0.2) is 116 Å². The summed E-state index contributed by atoms with van der Waals surface area (Å²) < 4.78 is 8.28. The Labute approximate surface area is 800 Å². The molecule has 137 heavy (non-hydrogen) atoms. The van der Waals surface area contributed by atoms with Crippen molar-refractivity contribution >= 4 is 150 Å². The molecule has 4 heterocycles. The summed E-state index contributed by atoms with van der Waals surface area (Å²) in [5, 5.41) is 55.3. The van der Waals surface area contributed by atoms with Crippen LogP contribution in [0, 0.1) is 6.92 Å². The van der Waals surface area contributed by atoms with E-state index in [0.29, 0.717) is 57.3 Å². The number of fused-ring (bicyclic) bond motifs is 2. The molecule has 0 aliphatic carbocycles. The predicted octanol–water partition coefficient (Wildman–Crippen LogP) is -1.03. The smallest absolute Gasteiger partial charge is 0.303 e. The van der Waals surface area contributed by atoms with Gasteiger partial charge < -0.3 is 121 Å². The Hall–Kier alpha value is -13.3. The number of carbonyl (C=O) groups is 18. The number of hydrogen-bond donors (Lipinski definition) is 19. The number of amides is 17. The van der Waals surface area contributed by atoms with E-state index in [-0.39, 0.29) is 90.2 Å². The Morgan fingerprint density at radius 2 is 1.25 bits per heavy atom. The van der Waals surface area contributed by atoms with Crippen LogP contribution in [0.1, 0.15) is 147 Å². The van der Waals surface area contributed by atoms with Crippen molar-refractivity contribution in [3.63, 3.8) is 0 Å². The maximum atomic E-state index is 16.5. The lowest BCUT2D eigenvalue weighted by Gasteiger charge is -2.39. The summed E-state index contributed by atoms with van der Waals surface area (Å²) in [7, 11) is 3.02. The number of ether oxygens (including phenoxy) is 2. The molecule has 0 spiro atoms. The fourth-order valence-corrected chi connectivity index (χ4v) is 18.6. The number of carboxylic acids is 1. The number of nitrogens with one attached hydrogen (secondary N) is 13. The van der Waals surface area contributed by atoms with Crippen LogP contribution in [-0.4, -0.2) is 277 Å². The van der Waals surface area contributed by atoms with E-state index < -0.39 is 227 Å². The van der Waals surface area contributed by atoms with Crippen molar-refractivity contribution in [2.45, 2.75) is 240 Å². The van der Waals surface area contributed by atoms with Crippen LogP contribution in [0.25, 0.3) is 21.7 Å². The number of nitrogens with two attached hydrogens (primary N) is 4. The first kappa shape index (κ1) is 109. The zero-order valence-corrected chi connectivity index (χ0v) is 79.9. The highest BCUT2D eigenvalue weighted by Gasteiger charge is 2.49. The minimum absolute atomic E-state index is 0.0976. The molecular formula is C93H126N20O22S2. The molecule has 0 saturated carbocycles. The molecule has 6 aromatic rings. The summed E-state index contributed by atoms with van der Waals surface area (Å²) in [6, 6.07) is 7.59. The van der Waals surface area contributed by atoms with Crippen molar-refractivity contribution in [3.8, 4) is 5.75 Å². The SMILES string of the molecule is CCCN(CCCC[C@@H]1NC(=O)[C@H](Cc2c[nH]c3c(C)cccc23)NC(=O)[C@H]([C@@H](C)O)NC(=O)[C@H](CC(N)=O)NC(=O)[C@@H](NC(C)=O)C(C)(C)SSC(C)(C)[C@@H](C(=O)N[C@@H](Cc2ccc(OCCN)cc2)C(=O)N[C@@H](Cc2ccc3ccccc3c2)C(=O)NC2(C(=O)N[C@@H](CCC(=O)O)C(=O)N[C@@H](CC(N)=O)C(=O)N[C@@H](Cc3cccnc3)C(=O)N(C)CC(N)=O)CCOCC2)NC1=O)C(C)=O. The van der Waals surface area contributed by atoms with Crippen LogP contribution in [0.5, 0.6) is 5.75 Å². The zero-order valence-electron chi connectivity index (χ0n) is 78.3. The average molecular weight is 1940 g/mol. The minimum Gasteiger partial charge on any atom is -0.492 e. The first-order valence-electron chi connectivity index (χ1n) is 45.0. The number of aliphatic carboxylic acids is 1. The first-order valence-corrected chi connectivity index (χ1v) is 47.1. The summed E-state index contributed by atoms with van der Waals surface area (Å²) in [5.41, 5.74) is 23.6. The summed E-state index contributed by atoms with van der Waals surface area (Å²) >= 11 is 0. The highest BCUT2D eigenvalue weighted by atomic mass is 33.1. The van der Waals surface area contributed by atoms with Crippen LogP contribution in [0.3, 0.4) is 0 Å². The quantitative estimate of drug-likeness (QED) is 0.0161. The van der Waals surface area contributed by atoms with Gasteiger partial charge in [0.15, 0.2) is 0 Å². The van der Waals surface area contributed by atoms with E-state index in [2.05, 4.69) is 73.8 Å². The first-order chi connectivity index (χ1) is 64.8. The molecule has 23 N–H and O–H groups in total. The number of rotatable bonds is 42. The second-order valence-corrected chi connectivity index (χ2v) is 38.6. The molecule has 44 heteroatoms. The number of nitrogens with zero attached hydrogens (tertiary/aromatic N) is 3. The Bertz CT molecular complexity index is 5350. The lowest BCUT2D eigenvalue weighted by Crippen LogP contribution is -2.67. The summed E-state index contributed by atoms with van der Waals surface area (Å²) in [4.78, 5) is 269. The number of aliphatic hydroxyl groups excluding tert-OH is 1. The van der Waals surface area contributed by atoms with E-state index >= 15 is 28.8 Å². The Morgan fingerprint density at radius 1 is 0.635 bits per heavy atom. The van der Waals surface area contributed by atoms with Gasteiger partial charge in [-0.3, -0.25) is 91.3 Å². The van der Waals surface area contributed by atoms with E-state index in [1.165, 1.54) is 54.1 Å². The number of benzene rings is 4. The van der Waals surface area contributed by atoms with Gasteiger partial charge in [-0.25, -0.2) is 0 Å². The van der Waals surface area contributed by atoms with Gasteiger partial charge in [0.05, 0.1) is 25.5 Å². The third-order valence-corrected chi connectivity index (χ3v) is 27.4. The molecule has 17 amide bonds. The number of unbranched alkanes of at least 4 members (excludes halogenated alkanes) is 1. The van der Waals surface area contributed by atoms with Crippen LogP contribution < -0.4 is 91.5 Å². The predicted molar refractivity (Wildman–Crippen MR) is 508 cm³/mol. The number of aromatic amines is 1. The van der Waals surface area contributed by atoms with E-state index in [0.717, 1.165) is 51.3 Å². The topological polar surface area (TPSA) is 650 Å². The fourth-order valence-electron chi connectivity index (χ4n) is 15.8. The number of hydrogen-bond acceptors (Lipinski definition) is 25. The van der Waals surface area contributed by atoms with Crippen molar-refractivity contribution in [1.82, 2.24) is 83.6 Å². The van der Waals surface area contributed by atoms with Gasteiger partial charge in [0.2, 0.25) is 100 Å². The molecule has 2 aromatic heterocycles. The number of aromatic nitrogens is 2. The normalized spacial score (nSPS) is 19.4. The molecule has 0 unspecified atom stereocenters. The van der Waals surface area contributed by atoms with E-state index in [9.17, 15) is 67.7 Å². The standard InChI is InChI=1S/C93H126N20O22S2/c1-11-36-113(54(5)116)37-15-14-23-63-80(123)110-78(92(8,9)137-136-91(6,7)77(100-53(4)115)87(130)106-69(47-72(96)118)84(127)109-76(52(3)114)86(129)104-67(82(125)101-63)45-60-49-99-75-51(2)18-16-22-62(60)75)88(131)105-65(42-55-25-28-61(29-26-55)135-40-34-94)81(124)102-66(43-56-24-27-58-20-12-13-21-59(58)41-56)85(128)111-93(32-38-134-39-33-93)90(133)108-64(30-31-74(120)121)79(122)103-68(46-71(95)117)83(126)107-70(44-57-19-17-35-98-48-57)89(132)112(10)50-73(97)119/h12-13,16-22,24-29,35,41,48-49,52,63-70,76-78,99,114H,11,14-15,23,30-34,36-40,42-47,50,94H2,1-10H3,(H2,95,117)(H2,96,118)(H2,97,119)(H,100,115)(H,101,125)(H,102,124)(H,103,122)(H,104,129)(H,105,131)(H,106,130)(H,107,126)(H,108,133)(H,109,127)(H,110,123)(H,111,128)(H,120,121)/t52-,63+,64+,65+,66+,67+,68+,69+,70+,76+,77-,78-/m1/s1. The number of H-pyrrole nitrogens is 1. The van der Waals surface area contributed by atoms with Crippen molar-refractivity contribution < 1.29 is 106 Å². The highest BCUT2D eigenvalue weighted by Crippen LogP contribution is 2.47. The third-order valence-electron chi connectivity index (χ3n) is 23.2. The van der Waals surface area contributed by atoms with Crippen molar-refractivity contribution in [2.75, 3.05) is 53.0 Å². The summed E-state index contributed by atoms with van der Waals surface area (Å²) in [6.45, 7) is 13.2. The van der Waals surface area contributed by atoms with Gasteiger partial charge in [-0.2, -0.15) is 0 Å². The van der Waals surface area contributed by atoms with Crippen molar-refractivity contribution in [1.29, 1.82) is 0 Å². The minimum atomic E-state index is -2.11. The third kappa shape index (κ3) is 32.4. The molecule has 2 fully saturated rings. The number of pyridine rings is 1. The van der Waals surface area contributed by atoms with Gasteiger partial charge in [-0.15, -0.1) is 0 Å². The lowest BCUT2D eigenvalue weighted by molar-refractivity contribution is -0.142. The molecule has 742 valence electrons. The van der Waals surface area contributed by atoms with Crippen LogP contribution >= 0.6 is 21.6 Å². The maximum absolute atomic E-state index is 16.5. The van der Waals surface area contributed by atoms with E-state index in [4.69, 9.17) is 32.4 Å². The summed E-state index contributed by atoms with van der Waals surface area (Å²) in [6.07, 6.45) is -1.93. The average Bonchev–Trinajstić information content (AvgIpc) is 1.78. The maximum Gasteiger partial charge on any atom is 0.303 e. The number of likely N-dealkylation sites (N-methyl/N-ethyl adjacent to an activating group) is 1. The van der Waals surface area contributed by atoms with E-state index in [1.807, 2.05) is 26.0 Å². The molecule has 2 aliphatic rings. The molecule has 42 nitrogen and oxygen atoms in total. The number of aryl methyl sites for hydroxylation is 1.